The quantitative estimate of drug-likeness (QED) is 0.338. The Morgan fingerprint density at radius 2 is 1.94 bits per heavy atom. The molecule has 3 heterocycles. The van der Waals surface area contributed by atoms with Gasteiger partial charge in [0.2, 0.25) is 0 Å². The van der Waals surface area contributed by atoms with E-state index in [1.54, 1.807) is 0 Å². The summed E-state index contributed by atoms with van der Waals surface area (Å²) in [5.41, 5.74) is 8.52. The van der Waals surface area contributed by atoms with Crippen LogP contribution >= 0.6 is 0 Å². The van der Waals surface area contributed by atoms with Crippen LogP contribution in [0.5, 0.6) is 5.75 Å². The van der Waals surface area contributed by atoms with Crippen molar-refractivity contribution in [1.82, 2.24) is 19.7 Å². The predicted molar refractivity (Wildman–Crippen MR) is 144 cm³/mol. The van der Waals surface area contributed by atoms with Crippen LogP contribution in [0.2, 0.25) is 0 Å². The van der Waals surface area contributed by atoms with Gasteiger partial charge in [-0.05, 0) is 47.4 Å². The lowest BCUT2D eigenvalue weighted by Crippen LogP contribution is -2.36. The number of aromatic amines is 1. The summed E-state index contributed by atoms with van der Waals surface area (Å²) in [5, 5.41) is 6.47. The number of aryl methyl sites for hydroxylation is 1. The fraction of sp³-hybridized carbons (Fsp3) is 0.433. The van der Waals surface area contributed by atoms with Gasteiger partial charge in [-0.2, -0.15) is 5.10 Å². The van der Waals surface area contributed by atoms with Gasteiger partial charge in [-0.25, -0.2) is 4.68 Å². The van der Waals surface area contributed by atoms with E-state index >= 15 is 0 Å². The number of hydrogen-bond donors (Lipinski definition) is 1. The highest BCUT2D eigenvalue weighted by atomic mass is 16.5. The molecule has 0 radical (unpaired) electrons. The van der Waals surface area contributed by atoms with E-state index < -0.39 is 0 Å². The van der Waals surface area contributed by atoms with Gasteiger partial charge in [0, 0.05) is 48.9 Å². The molecule has 5 rings (SSSR count). The van der Waals surface area contributed by atoms with Crippen molar-refractivity contribution in [1.29, 1.82) is 0 Å². The van der Waals surface area contributed by atoms with E-state index in [4.69, 9.17) is 9.84 Å². The second-order valence-corrected chi connectivity index (χ2v) is 11.6. The minimum Gasteiger partial charge on any atom is -0.491 e. The number of benzene rings is 2. The van der Waals surface area contributed by atoms with E-state index in [1.807, 2.05) is 6.20 Å². The van der Waals surface area contributed by atoms with Gasteiger partial charge in [-0.15, -0.1) is 0 Å². The molecule has 2 aromatic carbocycles. The number of nitrogens with zero attached hydrogens (tertiary/aromatic N) is 3. The van der Waals surface area contributed by atoms with Gasteiger partial charge in [-0.1, -0.05) is 58.9 Å². The first-order chi connectivity index (χ1) is 16.7. The molecule has 0 aliphatic carbocycles. The van der Waals surface area contributed by atoms with E-state index in [0.717, 1.165) is 43.0 Å². The molecule has 1 aliphatic heterocycles. The lowest BCUT2D eigenvalue weighted by molar-refractivity contribution is 0.176. The van der Waals surface area contributed by atoms with Gasteiger partial charge < -0.3 is 9.72 Å². The summed E-state index contributed by atoms with van der Waals surface area (Å²) < 4.78 is 8.49. The number of nitrogens with one attached hydrogen (secondary N) is 1. The van der Waals surface area contributed by atoms with Crippen LogP contribution in [0.25, 0.3) is 27.8 Å². The average molecular weight is 471 g/mol. The molecular weight excluding hydrogens is 432 g/mol. The van der Waals surface area contributed by atoms with Gasteiger partial charge in [-0.3, -0.25) is 4.90 Å². The van der Waals surface area contributed by atoms with Crippen molar-refractivity contribution >= 4 is 10.9 Å². The molecule has 0 spiro atoms. The molecule has 5 heteroatoms. The van der Waals surface area contributed by atoms with Gasteiger partial charge >= 0.3 is 0 Å². The smallest absolute Gasteiger partial charge is 0.145 e. The molecule has 1 N–H and O–H groups in total. The van der Waals surface area contributed by atoms with Gasteiger partial charge in [0.25, 0.3) is 0 Å². The van der Waals surface area contributed by atoms with Crippen LogP contribution < -0.4 is 4.74 Å². The molecule has 0 saturated heterocycles. The van der Waals surface area contributed by atoms with Crippen molar-refractivity contribution in [3.63, 3.8) is 0 Å². The van der Waals surface area contributed by atoms with Crippen molar-refractivity contribution in [2.45, 2.75) is 54.5 Å². The third kappa shape index (κ3) is 4.87. The van der Waals surface area contributed by atoms with Crippen LogP contribution in [0.15, 0.2) is 48.7 Å². The molecule has 0 atom stereocenters. The lowest BCUT2D eigenvalue weighted by Gasteiger charge is -2.32. The summed E-state index contributed by atoms with van der Waals surface area (Å²) in [7, 11) is 0. The van der Waals surface area contributed by atoms with Crippen LogP contribution in [0.3, 0.4) is 0 Å². The maximum atomic E-state index is 6.32. The zero-order chi connectivity index (χ0) is 24.7. The first-order valence-electron chi connectivity index (χ1n) is 12.8. The molecule has 5 nitrogen and oxygen atoms in total. The molecule has 0 fully saturated rings. The van der Waals surface area contributed by atoms with Crippen LogP contribution in [0, 0.1) is 18.3 Å². The fourth-order valence-corrected chi connectivity index (χ4v) is 5.16. The normalized spacial score (nSPS) is 14.6. The number of aromatic nitrogens is 3. The number of fused-ring (bicyclic) bond motifs is 2. The molecule has 0 saturated carbocycles. The largest absolute Gasteiger partial charge is 0.491 e. The van der Waals surface area contributed by atoms with E-state index in [2.05, 4.69) is 98.6 Å². The zero-order valence-electron chi connectivity index (χ0n) is 22.0. The van der Waals surface area contributed by atoms with E-state index in [0.29, 0.717) is 12.5 Å². The molecule has 0 amide bonds. The van der Waals surface area contributed by atoms with E-state index in [9.17, 15) is 0 Å². The second-order valence-electron chi connectivity index (χ2n) is 11.6. The Kier molecular flexibility index (Phi) is 6.22. The Labute approximate surface area is 209 Å². The average Bonchev–Trinajstić information content (AvgIpc) is 3.40. The van der Waals surface area contributed by atoms with Crippen molar-refractivity contribution < 1.29 is 4.74 Å². The summed E-state index contributed by atoms with van der Waals surface area (Å²) in [4.78, 5) is 5.97. The maximum absolute atomic E-state index is 6.32. The Morgan fingerprint density at radius 1 is 1.11 bits per heavy atom. The third-order valence-electron chi connectivity index (χ3n) is 6.62. The minimum absolute atomic E-state index is 0.255. The predicted octanol–water partition coefficient (Wildman–Crippen LogP) is 6.77. The summed E-state index contributed by atoms with van der Waals surface area (Å²) >= 11 is 0. The highest BCUT2D eigenvalue weighted by Gasteiger charge is 2.29. The summed E-state index contributed by atoms with van der Waals surface area (Å²) in [6, 6.07) is 15.1. The summed E-state index contributed by atoms with van der Waals surface area (Å²) in [6.07, 6.45) is 2.97. The van der Waals surface area contributed by atoms with Crippen molar-refractivity contribution in [3.8, 4) is 22.7 Å². The van der Waals surface area contributed by atoms with Gasteiger partial charge in [0.05, 0.1) is 18.0 Å². The molecule has 184 valence electrons. The van der Waals surface area contributed by atoms with E-state index in [-0.39, 0.29) is 5.41 Å². The van der Waals surface area contributed by atoms with Crippen molar-refractivity contribution in [2.24, 2.45) is 11.3 Å². The topological polar surface area (TPSA) is 46.1 Å². The molecule has 0 unspecified atom stereocenters. The van der Waals surface area contributed by atoms with Crippen molar-refractivity contribution in [2.75, 3.05) is 19.7 Å². The number of rotatable bonds is 6. The number of para-hydroxylation sites is 1. The lowest BCUT2D eigenvalue weighted by atomic mass is 9.93. The minimum atomic E-state index is 0.255. The van der Waals surface area contributed by atoms with Crippen LogP contribution in [-0.4, -0.2) is 39.4 Å². The SMILES string of the molecule is Cc1cccc(OCC(C)C)c1-n1nc2c(c1-c1ccc3cc[nH]c3c1)CN(CC(C)(C)C)CC2. The maximum Gasteiger partial charge on any atom is 0.145 e. The summed E-state index contributed by atoms with van der Waals surface area (Å²) in [6.45, 7) is 17.2. The molecule has 1 aliphatic rings. The standard InChI is InChI=1S/C30H38N4O/c1-20(2)18-35-27-9-7-8-21(3)28(27)34-29(23-11-10-22-12-14-31-26(22)16-23)24-17-33(19-30(4,5)6)15-13-25(24)32-34/h7-12,14,16,20,31H,13,15,17-19H2,1-6H3. The summed E-state index contributed by atoms with van der Waals surface area (Å²) in [5.74, 6) is 1.35. The first kappa shape index (κ1) is 23.7. The Balaban J connectivity index is 1.68. The number of hydrogen-bond acceptors (Lipinski definition) is 3. The Hall–Kier alpha value is -3.05. The third-order valence-corrected chi connectivity index (χ3v) is 6.62. The monoisotopic (exact) mass is 470 g/mol. The van der Waals surface area contributed by atoms with Gasteiger partial charge in [0.15, 0.2) is 0 Å². The second kappa shape index (κ2) is 9.19. The molecule has 35 heavy (non-hydrogen) atoms. The fourth-order valence-electron chi connectivity index (χ4n) is 5.16. The molecule has 0 bridgehead atoms. The molecule has 2 aromatic heterocycles. The first-order valence-corrected chi connectivity index (χ1v) is 12.8. The van der Waals surface area contributed by atoms with Crippen molar-refractivity contribution in [3.05, 3.63) is 65.5 Å². The highest BCUT2D eigenvalue weighted by Crippen LogP contribution is 2.38. The Morgan fingerprint density at radius 3 is 2.71 bits per heavy atom. The molecule has 4 aromatic rings. The highest BCUT2D eigenvalue weighted by molar-refractivity contribution is 5.85. The van der Waals surface area contributed by atoms with E-state index in [1.165, 1.54) is 33.5 Å². The van der Waals surface area contributed by atoms with Gasteiger partial charge in [0.1, 0.15) is 11.4 Å². The number of ether oxygens (including phenoxy) is 1. The molecular formula is C30H38N4O. The van der Waals surface area contributed by atoms with Crippen LogP contribution in [-0.2, 0) is 13.0 Å². The number of H-pyrrole nitrogens is 1. The van der Waals surface area contributed by atoms with Crippen LogP contribution in [0.4, 0.5) is 0 Å². The zero-order valence-corrected chi connectivity index (χ0v) is 22.0. The Bertz CT molecular complexity index is 1340. The van der Waals surface area contributed by atoms with Crippen LogP contribution in [0.1, 0.15) is 51.4 Å².